The number of rotatable bonds is 7. The number of hydrogen-bond acceptors (Lipinski definition) is 5. The number of hydrogen-bond donors (Lipinski definition) is 1. The zero-order chi connectivity index (χ0) is 20.1. The summed E-state index contributed by atoms with van der Waals surface area (Å²) in [5.74, 6) is -0.491. The molecule has 2 aromatic carbocycles. The van der Waals surface area contributed by atoms with E-state index < -0.39 is 28.3 Å². The summed E-state index contributed by atoms with van der Waals surface area (Å²) in [6.07, 6.45) is 0. The number of carbonyl (C=O) groups is 1. The molecule has 0 fully saturated rings. The van der Waals surface area contributed by atoms with Crippen LogP contribution in [0, 0.1) is 5.82 Å². The smallest absolute Gasteiger partial charge is 0.274 e. The molecule has 0 unspecified atom stereocenters. The summed E-state index contributed by atoms with van der Waals surface area (Å²) >= 11 is 1.04. The number of benzene rings is 2. The number of amides is 1. The Morgan fingerprint density at radius 1 is 1.14 bits per heavy atom. The molecule has 3 rings (SSSR count). The van der Waals surface area contributed by atoms with Gasteiger partial charge in [0, 0.05) is 11.8 Å². The van der Waals surface area contributed by atoms with E-state index in [9.17, 15) is 17.6 Å². The van der Waals surface area contributed by atoms with Gasteiger partial charge in [-0.05, 0) is 47.8 Å². The van der Waals surface area contributed by atoms with Gasteiger partial charge in [-0.25, -0.2) is 12.8 Å². The van der Waals surface area contributed by atoms with E-state index in [1.54, 1.807) is 35.7 Å². The third kappa shape index (κ3) is 4.49. The van der Waals surface area contributed by atoms with Gasteiger partial charge in [0.25, 0.3) is 10.0 Å². The van der Waals surface area contributed by atoms with Gasteiger partial charge in [0.05, 0.1) is 12.8 Å². The molecule has 1 N–H and O–H groups in total. The first-order valence-corrected chi connectivity index (χ1v) is 10.5. The Bertz CT molecular complexity index is 1050. The van der Waals surface area contributed by atoms with Crippen molar-refractivity contribution in [2.75, 3.05) is 23.3 Å². The molecule has 0 saturated heterocycles. The second-order valence-corrected chi connectivity index (χ2v) is 8.74. The highest BCUT2D eigenvalue weighted by atomic mass is 32.2. The van der Waals surface area contributed by atoms with Crippen molar-refractivity contribution >= 4 is 38.6 Å². The summed E-state index contributed by atoms with van der Waals surface area (Å²) in [4.78, 5) is 12.6. The minimum absolute atomic E-state index is 0.0889. The van der Waals surface area contributed by atoms with Gasteiger partial charge in [-0.3, -0.25) is 9.10 Å². The van der Waals surface area contributed by atoms with Crippen LogP contribution in [-0.2, 0) is 14.8 Å². The molecule has 0 atom stereocenters. The number of ether oxygens (including phenoxy) is 1. The van der Waals surface area contributed by atoms with Crippen LogP contribution in [-0.4, -0.2) is 28.0 Å². The Morgan fingerprint density at radius 2 is 1.89 bits per heavy atom. The maximum absolute atomic E-state index is 13.3. The van der Waals surface area contributed by atoms with Crippen LogP contribution in [0.4, 0.5) is 15.8 Å². The van der Waals surface area contributed by atoms with Gasteiger partial charge < -0.3 is 10.1 Å². The summed E-state index contributed by atoms with van der Waals surface area (Å²) in [5.41, 5.74) is 0.660. The number of halogens is 1. The number of thiophene rings is 1. The van der Waals surface area contributed by atoms with Gasteiger partial charge in [0.15, 0.2) is 0 Å². The molecule has 0 bridgehead atoms. The normalized spacial score (nSPS) is 11.1. The van der Waals surface area contributed by atoms with E-state index >= 15 is 0 Å². The average molecular weight is 420 g/mol. The molecular formula is C19H17FN2O4S2. The summed E-state index contributed by atoms with van der Waals surface area (Å²) in [5, 5.41) is 4.28. The molecule has 1 heterocycles. The molecule has 0 saturated carbocycles. The van der Waals surface area contributed by atoms with Crippen molar-refractivity contribution in [3.63, 3.8) is 0 Å². The van der Waals surface area contributed by atoms with Crippen LogP contribution in [0.2, 0.25) is 0 Å². The standard InChI is InChI=1S/C19H17FN2O4S2/c1-26-17-5-2-4-15(12-17)21-18(23)13-22(16-9-7-14(20)8-10-16)28(24,25)19-6-3-11-27-19/h2-12H,13H2,1H3,(H,21,23). The van der Waals surface area contributed by atoms with Crippen molar-refractivity contribution in [3.05, 3.63) is 71.9 Å². The first kappa shape index (κ1) is 19.8. The number of anilines is 2. The van der Waals surface area contributed by atoms with Gasteiger partial charge >= 0.3 is 0 Å². The maximum atomic E-state index is 13.3. The molecule has 3 aromatic rings. The van der Waals surface area contributed by atoms with Crippen LogP contribution < -0.4 is 14.4 Å². The summed E-state index contributed by atoms with van der Waals surface area (Å²) < 4.78 is 45.5. The van der Waals surface area contributed by atoms with Crippen LogP contribution in [0.5, 0.6) is 5.75 Å². The number of methoxy groups -OCH3 is 1. The van der Waals surface area contributed by atoms with Crippen molar-refractivity contribution in [1.82, 2.24) is 0 Å². The molecule has 1 amide bonds. The van der Waals surface area contributed by atoms with Crippen LogP contribution >= 0.6 is 11.3 Å². The third-order valence-corrected chi connectivity index (χ3v) is 6.94. The second-order valence-electron chi connectivity index (χ2n) is 5.70. The Kier molecular flexibility index (Phi) is 5.96. The zero-order valence-electron chi connectivity index (χ0n) is 14.8. The highest BCUT2D eigenvalue weighted by Gasteiger charge is 2.28. The third-order valence-electron chi connectivity index (χ3n) is 3.79. The number of carbonyl (C=O) groups excluding carboxylic acids is 1. The summed E-state index contributed by atoms with van der Waals surface area (Å²) in [6.45, 7) is -0.469. The van der Waals surface area contributed by atoms with Crippen LogP contribution in [0.3, 0.4) is 0 Å². The fraction of sp³-hybridized carbons (Fsp3) is 0.105. The number of sulfonamides is 1. The van der Waals surface area contributed by atoms with Crippen LogP contribution in [0.15, 0.2) is 70.3 Å². The van der Waals surface area contributed by atoms with Gasteiger partial charge in [-0.1, -0.05) is 12.1 Å². The average Bonchev–Trinajstić information content (AvgIpc) is 3.23. The van der Waals surface area contributed by atoms with Crippen molar-refractivity contribution in [1.29, 1.82) is 0 Å². The SMILES string of the molecule is COc1cccc(NC(=O)CN(c2ccc(F)cc2)S(=O)(=O)c2cccs2)c1. The minimum Gasteiger partial charge on any atom is -0.497 e. The van der Waals surface area contributed by atoms with E-state index in [1.807, 2.05) is 0 Å². The lowest BCUT2D eigenvalue weighted by Gasteiger charge is -2.23. The molecule has 0 aliphatic rings. The molecule has 146 valence electrons. The monoisotopic (exact) mass is 420 g/mol. The van der Waals surface area contributed by atoms with Crippen molar-refractivity contribution in [3.8, 4) is 5.75 Å². The quantitative estimate of drug-likeness (QED) is 0.632. The Morgan fingerprint density at radius 3 is 2.54 bits per heavy atom. The number of nitrogens with one attached hydrogen (secondary N) is 1. The van der Waals surface area contributed by atoms with Gasteiger partial charge in [0.2, 0.25) is 5.91 Å². The Labute approximate surface area is 166 Å². The van der Waals surface area contributed by atoms with E-state index in [1.165, 1.54) is 25.3 Å². The molecule has 0 spiro atoms. The van der Waals surface area contributed by atoms with E-state index in [-0.39, 0.29) is 9.90 Å². The fourth-order valence-corrected chi connectivity index (χ4v) is 5.00. The van der Waals surface area contributed by atoms with Crippen molar-refractivity contribution < 1.29 is 22.3 Å². The lowest BCUT2D eigenvalue weighted by atomic mass is 10.3. The van der Waals surface area contributed by atoms with E-state index in [0.717, 1.165) is 27.8 Å². The Balaban J connectivity index is 1.88. The van der Waals surface area contributed by atoms with E-state index in [0.29, 0.717) is 11.4 Å². The predicted octanol–water partition coefficient (Wildman–Crippen LogP) is 3.73. The summed E-state index contributed by atoms with van der Waals surface area (Å²) in [6, 6.07) is 14.7. The molecule has 28 heavy (non-hydrogen) atoms. The highest BCUT2D eigenvalue weighted by molar-refractivity contribution is 7.94. The lowest BCUT2D eigenvalue weighted by Crippen LogP contribution is -2.37. The van der Waals surface area contributed by atoms with Crippen LogP contribution in [0.1, 0.15) is 0 Å². The molecule has 1 aromatic heterocycles. The highest BCUT2D eigenvalue weighted by Crippen LogP contribution is 2.27. The minimum atomic E-state index is -3.98. The first-order chi connectivity index (χ1) is 13.4. The zero-order valence-corrected chi connectivity index (χ0v) is 16.5. The van der Waals surface area contributed by atoms with Crippen molar-refractivity contribution in [2.24, 2.45) is 0 Å². The van der Waals surface area contributed by atoms with E-state index in [4.69, 9.17) is 4.74 Å². The van der Waals surface area contributed by atoms with Gasteiger partial charge in [0.1, 0.15) is 22.3 Å². The maximum Gasteiger partial charge on any atom is 0.274 e. The van der Waals surface area contributed by atoms with Crippen molar-refractivity contribution in [2.45, 2.75) is 4.21 Å². The van der Waals surface area contributed by atoms with Crippen LogP contribution in [0.25, 0.3) is 0 Å². The second kappa shape index (κ2) is 8.41. The number of nitrogens with zero attached hydrogens (tertiary/aromatic N) is 1. The van der Waals surface area contributed by atoms with Gasteiger partial charge in [-0.2, -0.15) is 0 Å². The first-order valence-electron chi connectivity index (χ1n) is 8.16. The molecular weight excluding hydrogens is 403 g/mol. The predicted molar refractivity (Wildman–Crippen MR) is 107 cm³/mol. The largest absolute Gasteiger partial charge is 0.497 e. The molecule has 6 nitrogen and oxygen atoms in total. The van der Waals surface area contributed by atoms with E-state index in [2.05, 4.69) is 5.32 Å². The molecule has 0 radical (unpaired) electrons. The topological polar surface area (TPSA) is 75.7 Å². The molecule has 0 aliphatic carbocycles. The molecule has 0 aliphatic heterocycles. The molecule has 9 heteroatoms. The lowest BCUT2D eigenvalue weighted by molar-refractivity contribution is -0.114. The Hall–Kier alpha value is -2.91. The summed E-state index contributed by atoms with van der Waals surface area (Å²) in [7, 11) is -2.48. The fourth-order valence-electron chi connectivity index (χ4n) is 2.47. The van der Waals surface area contributed by atoms with Gasteiger partial charge in [-0.15, -0.1) is 11.3 Å².